The fourth-order valence-corrected chi connectivity index (χ4v) is 4.28. The molecule has 2 aromatic carbocycles. The first-order valence-corrected chi connectivity index (χ1v) is 11.5. The average molecular weight is 445 g/mol. The molecule has 172 valence electrons. The van der Waals surface area contributed by atoms with Crippen LogP contribution in [0.5, 0.6) is 5.75 Å². The minimum Gasteiger partial charge on any atom is -0.490 e. The van der Waals surface area contributed by atoms with Crippen molar-refractivity contribution >= 4 is 28.8 Å². The second kappa shape index (κ2) is 9.90. The maximum atomic E-state index is 7.79. The van der Waals surface area contributed by atoms with Crippen LogP contribution in [0, 0.1) is 10.8 Å². The summed E-state index contributed by atoms with van der Waals surface area (Å²) in [5.74, 6) is 2.63. The van der Waals surface area contributed by atoms with Gasteiger partial charge < -0.3 is 19.9 Å². The van der Waals surface area contributed by atoms with E-state index >= 15 is 0 Å². The maximum Gasteiger partial charge on any atom is 0.122 e. The summed E-state index contributed by atoms with van der Waals surface area (Å²) in [6, 6.07) is 13.9. The van der Waals surface area contributed by atoms with E-state index < -0.39 is 0 Å². The number of amidine groups is 2. The Balaban J connectivity index is 1.45. The molecule has 0 saturated carbocycles. The van der Waals surface area contributed by atoms with Crippen LogP contribution in [-0.2, 0) is 13.0 Å². The summed E-state index contributed by atoms with van der Waals surface area (Å²) in [5, 5.41) is 15.3. The number of likely N-dealkylation sites (tertiary alicyclic amines) is 1. The quantitative estimate of drug-likeness (QED) is 0.370. The number of hydrogen-bond donors (Lipinski definition) is 3. The van der Waals surface area contributed by atoms with Crippen LogP contribution in [0.3, 0.4) is 0 Å². The molecule has 0 unspecified atom stereocenters. The Kier molecular flexibility index (Phi) is 6.77. The van der Waals surface area contributed by atoms with Gasteiger partial charge in [0, 0.05) is 50.5 Å². The number of nitrogens with zero attached hydrogens (tertiary/aromatic N) is 3. The Morgan fingerprint density at radius 3 is 2.52 bits per heavy atom. The van der Waals surface area contributed by atoms with Crippen LogP contribution in [0.15, 0.2) is 48.5 Å². The number of aryl methyl sites for hydroxylation is 1. The third-order valence-corrected chi connectivity index (χ3v) is 6.15. The number of nitrogens with one attached hydrogen (secondary N) is 2. The minimum absolute atomic E-state index is 0.0817. The highest BCUT2D eigenvalue weighted by Gasteiger charge is 2.21. The van der Waals surface area contributed by atoms with Gasteiger partial charge in [0.25, 0.3) is 0 Å². The number of hydrogen-bond acceptors (Lipinski definition) is 4. The van der Waals surface area contributed by atoms with Crippen molar-refractivity contribution in [1.29, 1.82) is 10.8 Å². The molecule has 4 rings (SSSR count). The second-order valence-corrected chi connectivity index (χ2v) is 8.47. The summed E-state index contributed by atoms with van der Waals surface area (Å²) in [5.41, 5.74) is 9.39. The van der Waals surface area contributed by atoms with Crippen molar-refractivity contribution in [2.75, 3.05) is 13.1 Å². The van der Waals surface area contributed by atoms with E-state index in [0.29, 0.717) is 5.84 Å². The Morgan fingerprint density at radius 2 is 1.88 bits per heavy atom. The Bertz CT molecular complexity index is 1170. The fourth-order valence-electron chi connectivity index (χ4n) is 4.28. The lowest BCUT2D eigenvalue weighted by Gasteiger charge is -2.32. The van der Waals surface area contributed by atoms with E-state index in [1.807, 2.05) is 43.3 Å². The second-order valence-electron chi connectivity index (χ2n) is 8.47. The largest absolute Gasteiger partial charge is 0.490 e. The molecule has 7 heteroatoms. The van der Waals surface area contributed by atoms with Crippen LogP contribution in [0.2, 0.25) is 0 Å². The van der Waals surface area contributed by atoms with Gasteiger partial charge in [-0.3, -0.25) is 10.8 Å². The summed E-state index contributed by atoms with van der Waals surface area (Å²) in [6.07, 6.45) is 7.11. The summed E-state index contributed by atoms with van der Waals surface area (Å²) in [6.45, 7) is 6.45. The molecule has 0 amide bonds. The van der Waals surface area contributed by atoms with Crippen molar-refractivity contribution in [3.8, 4) is 5.75 Å². The average Bonchev–Trinajstić information content (AvgIpc) is 3.16. The highest BCUT2D eigenvalue weighted by Crippen LogP contribution is 2.25. The molecular formula is C26H32N6O. The molecule has 1 aliphatic heterocycles. The molecule has 1 aliphatic rings. The van der Waals surface area contributed by atoms with Gasteiger partial charge in [-0.25, -0.2) is 4.98 Å². The van der Waals surface area contributed by atoms with E-state index in [1.165, 1.54) is 0 Å². The van der Waals surface area contributed by atoms with Crippen molar-refractivity contribution in [2.45, 2.75) is 45.8 Å². The topological polar surface area (TPSA) is 104 Å². The number of nitrogens with two attached hydrogens (primary N) is 1. The van der Waals surface area contributed by atoms with Crippen molar-refractivity contribution < 1.29 is 4.74 Å². The molecule has 33 heavy (non-hydrogen) atoms. The number of imidazole rings is 1. The number of nitrogen functional groups attached to an aromatic ring is 1. The minimum atomic E-state index is 0.0817. The third-order valence-electron chi connectivity index (χ3n) is 6.15. The van der Waals surface area contributed by atoms with Crippen molar-refractivity contribution in [3.05, 3.63) is 65.5 Å². The number of allylic oxidation sites excluding steroid dienone is 1. The van der Waals surface area contributed by atoms with E-state index in [0.717, 1.165) is 72.6 Å². The SMILES string of the molecule is CCc1nc2cc(OC3CCN(C(C)=N)CC3)ccc2n1C/C=C/c1ccc(C(=N)N)cc1. The third kappa shape index (κ3) is 5.25. The number of aromatic nitrogens is 2. The lowest BCUT2D eigenvalue weighted by Crippen LogP contribution is -2.40. The van der Waals surface area contributed by atoms with E-state index in [1.54, 1.807) is 0 Å². The van der Waals surface area contributed by atoms with Gasteiger partial charge in [-0.1, -0.05) is 43.3 Å². The number of benzene rings is 2. The van der Waals surface area contributed by atoms with Crippen LogP contribution in [0.1, 0.15) is 43.6 Å². The van der Waals surface area contributed by atoms with Gasteiger partial charge in [0.05, 0.1) is 16.9 Å². The van der Waals surface area contributed by atoms with E-state index in [2.05, 4.69) is 34.6 Å². The predicted molar refractivity (Wildman–Crippen MR) is 134 cm³/mol. The Hall–Kier alpha value is -3.61. The molecule has 0 atom stereocenters. The molecule has 1 aromatic heterocycles. The molecule has 4 N–H and O–H groups in total. The van der Waals surface area contributed by atoms with Gasteiger partial charge in [0.2, 0.25) is 0 Å². The highest BCUT2D eigenvalue weighted by atomic mass is 16.5. The van der Waals surface area contributed by atoms with E-state index in [-0.39, 0.29) is 11.9 Å². The highest BCUT2D eigenvalue weighted by molar-refractivity contribution is 5.95. The molecule has 0 radical (unpaired) electrons. The van der Waals surface area contributed by atoms with Gasteiger partial charge in [-0.05, 0) is 24.6 Å². The normalized spacial score (nSPS) is 14.8. The molecule has 1 fully saturated rings. The zero-order valence-electron chi connectivity index (χ0n) is 19.3. The lowest BCUT2D eigenvalue weighted by molar-refractivity contribution is 0.130. The summed E-state index contributed by atoms with van der Waals surface area (Å²) < 4.78 is 8.50. The van der Waals surface area contributed by atoms with E-state index in [4.69, 9.17) is 26.3 Å². The van der Waals surface area contributed by atoms with Crippen molar-refractivity contribution in [1.82, 2.24) is 14.5 Å². The van der Waals surface area contributed by atoms with E-state index in [9.17, 15) is 0 Å². The molecule has 1 saturated heterocycles. The predicted octanol–water partition coefficient (Wildman–Crippen LogP) is 4.44. The Morgan fingerprint density at radius 1 is 1.15 bits per heavy atom. The van der Waals surface area contributed by atoms with Gasteiger partial charge in [0.15, 0.2) is 0 Å². The maximum absolute atomic E-state index is 7.79. The summed E-state index contributed by atoms with van der Waals surface area (Å²) >= 11 is 0. The van der Waals surface area contributed by atoms with Crippen molar-refractivity contribution in [3.63, 3.8) is 0 Å². The van der Waals surface area contributed by atoms with Gasteiger partial charge in [0.1, 0.15) is 23.5 Å². The summed E-state index contributed by atoms with van der Waals surface area (Å²) in [7, 11) is 0. The first kappa shape index (κ1) is 22.6. The summed E-state index contributed by atoms with van der Waals surface area (Å²) in [4.78, 5) is 6.95. The first-order chi connectivity index (χ1) is 15.9. The smallest absolute Gasteiger partial charge is 0.122 e. The first-order valence-electron chi connectivity index (χ1n) is 11.5. The fraction of sp³-hybridized carbons (Fsp3) is 0.346. The monoisotopic (exact) mass is 444 g/mol. The van der Waals surface area contributed by atoms with Gasteiger partial charge >= 0.3 is 0 Å². The number of piperidine rings is 1. The molecule has 2 heterocycles. The van der Waals surface area contributed by atoms with Crippen molar-refractivity contribution in [2.24, 2.45) is 5.73 Å². The van der Waals surface area contributed by atoms with Crippen LogP contribution in [0.4, 0.5) is 0 Å². The van der Waals surface area contributed by atoms with Gasteiger partial charge in [-0.15, -0.1) is 0 Å². The zero-order valence-corrected chi connectivity index (χ0v) is 19.3. The standard InChI is InChI=1S/C26H32N6O/c1-3-25-30-23-17-22(33-21-12-15-31(16-13-21)18(2)27)10-11-24(23)32(25)14-4-5-19-6-8-20(9-7-19)26(28)29/h4-11,17,21,27H,3,12-16H2,1-2H3,(H3,28,29)/b5-4+,27-18?. The molecule has 0 aliphatic carbocycles. The van der Waals surface area contributed by atoms with Crippen LogP contribution >= 0.6 is 0 Å². The number of rotatable bonds is 7. The molecule has 0 bridgehead atoms. The molecular weight excluding hydrogens is 412 g/mol. The zero-order chi connectivity index (χ0) is 23.4. The number of fused-ring (bicyclic) bond motifs is 1. The number of ether oxygens (including phenoxy) is 1. The molecule has 7 nitrogen and oxygen atoms in total. The molecule has 3 aromatic rings. The lowest BCUT2D eigenvalue weighted by atomic mass is 10.1. The van der Waals surface area contributed by atoms with Crippen LogP contribution in [0.25, 0.3) is 17.1 Å². The van der Waals surface area contributed by atoms with Crippen LogP contribution < -0.4 is 10.5 Å². The molecule has 0 spiro atoms. The van der Waals surface area contributed by atoms with Gasteiger partial charge in [-0.2, -0.15) is 0 Å². The Labute approximate surface area is 194 Å². The van der Waals surface area contributed by atoms with Crippen LogP contribution in [-0.4, -0.2) is 45.3 Å².